The molecule has 1 N–H and O–H groups in total. The summed E-state index contributed by atoms with van der Waals surface area (Å²) in [6.07, 6.45) is -4.41. The second kappa shape index (κ2) is 6.62. The van der Waals surface area contributed by atoms with Crippen LogP contribution in [0.25, 0.3) is 0 Å². The Morgan fingerprint density at radius 2 is 2.09 bits per heavy atom. The molecule has 2 aromatic rings. The summed E-state index contributed by atoms with van der Waals surface area (Å²) >= 11 is 6.85. The van der Waals surface area contributed by atoms with Crippen LogP contribution in [0.15, 0.2) is 18.2 Å². The predicted octanol–water partition coefficient (Wildman–Crippen LogP) is 3.49. The molecule has 4 nitrogen and oxygen atoms in total. The number of nitrogens with zero attached hydrogens (tertiary/aromatic N) is 2. The van der Waals surface area contributed by atoms with Crippen LogP contribution in [0.5, 0.6) is 0 Å². The van der Waals surface area contributed by atoms with E-state index < -0.39 is 11.9 Å². The number of aryl methyl sites for hydroxylation is 1. The topological polar surface area (TPSA) is 54.9 Å². The minimum absolute atomic E-state index is 0.0387. The SMILES string of the molecule is Cc1cc(C(F)(F)F)nc(CCNC(=O)c2ccc(Cl)s2)n1. The van der Waals surface area contributed by atoms with Crippen molar-refractivity contribution >= 4 is 28.8 Å². The Morgan fingerprint density at radius 1 is 1.36 bits per heavy atom. The molecule has 0 unspecified atom stereocenters. The Hall–Kier alpha value is -1.67. The van der Waals surface area contributed by atoms with Crippen LogP contribution in [0.4, 0.5) is 13.2 Å². The van der Waals surface area contributed by atoms with Crippen LogP contribution in [0, 0.1) is 6.92 Å². The number of alkyl halides is 3. The molecular formula is C13H11ClF3N3OS. The van der Waals surface area contributed by atoms with Gasteiger partial charge in [0.15, 0.2) is 0 Å². The predicted molar refractivity (Wildman–Crippen MR) is 77.1 cm³/mol. The summed E-state index contributed by atoms with van der Waals surface area (Å²) in [7, 11) is 0. The second-order valence-corrected chi connectivity index (χ2v) is 6.13. The van der Waals surface area contributed by atoms with Gasteiger partial charge in [0.05, 0.1) is 9.21 Å². The van der Waals surface area contributed by atoms with Gasteiger partial charge in [0.25, 0.3) is 5.91 Å². The molecule has 0 aliphatic carbocycles. The minimum atomic E-state index is -4.51. The van der Waals surface area contributed by atoms with Crippen LogP contribution in [0.3, 0.4) is 0 Å². The molecule has 0 fully saturated rings. The average molecular weight is 350 g/mol. The fourth-order valence-corrected chi connectivity index (χ4v) is 2.66. The summed E-state index contributed by atoms with van der Waals surface area (Å²) in [4.78, 5) is 19.6. The molecule has 2 heterocycles. The van der Waals surface area contributed by atoms with Crippen molar-refractivity contribution in [3.63, 3.8) is 0 Å². The molecular weight excluding hydrogens is 339 g/mol. The van der Waals surface area contributed by atoms with Crippen LogP contribution in [0.2, 0.25) is 4.34 Å². The summed E-state index contributed by atoms with van der Waals surface area (Å²) < 4.78 is 38.4. The van der Waals surface area contributed by atoms with E-state index in [1.54, 1.807) is 12.1 Å². The van der Waals surface area contributed by atoms with Crippen molar-refractivity contribution in [3.8, 4) is 0 Å². The lowest BCUT2D eigenvalue weighted by Crippen LogP contribution is -2.25. The summed E-state index contributed by atoms with van der Waals surface area (Å²) in [6.45, 7) is 1.60. The number of nitrogens with one attached hydrogen (secondary N) is 1. The lowest BCUT2D eigenvalue weighted by molar-refractivity contribution is -0.141. The van der Waals surface area contributed by atoms with Gasteiger partial charge in [-0.3, -0.25) is 4.79 Å². The van der Waals surface area contributed by atoms with E-state index in [0.717, 1.165) is 17.4 Å². The summed E-state index contributed by atoms with van der Waals surface area (Å²) in [5.41, 5.74) is -0.750. The van der Waals surface area contributed by atoms with E-state index in [2.05, 4.69) is 15.3 Å². The van der Waals surface area contributed by atoms with Crippen molar-refractivity contribution in [2.75, 3.05) is 6.54 Å². The molecule has 0 aliphatic rings. The number of rotatable bonds is 4. The van der Waals surface area contributed by atoms with Crippen LogP contribution >= 0.6 is 22.9 Å². The Labute approximate surface area is 133 Å². The fraction of sp³-hybridized carbons (Fsp3) is 0.308. The van der Waals surface area contributed by atoms with E-state index in [4.69, 9.17) is 11.6 Å². The van der Waals surface area contributed by atoms with E-state index >= 15 is 0 Å². The number of amides is 1. The van der Waals surface area contributed by atoms with Crippen molar-refractivity contribution in [3.05, 3.63) is 44.6 Å². The maximum absolute atomic E-state index is 12.7. The number of thiophene rings is 1. The zero-order valence-corrected chi connectivity index (χ0v) is 12.9. The number of hydrogen-bond acceptors (Lipinski definition) is 4. The number of halogens is 4. The van der Waals surface area contributed by atoms with E-state index in [0.29, 0.717) is 9.21 Å². The summed E-state index contributed by atoms with van der Waals surface area (Å²) in [5, 5.41) is 2.59. The largest absolute Gasteiger partial charge is 0.433 e. The first-order valence-electron chi connectivity index (χ1n) is 6.21. The lowest BCUT2D eigenvalue weighted by Gasteiger charge is -2.09. The van der Waals surface area contributed by atoms with Crippen LogP contribution in [-0.2, 0) is 12.6 Å². The third-order valence-corrected chi connectivity index (χ3v) is 3.85. The van der Waals surface area contributed by atoms with E-state index in [1.807, 2.05) is 0 Å². The van der Waals surface area contributed by atoms with Gasteiger partial charge in [-0.15, -0.1) is 11.3 Å². The molecule has 22 heavy (non-hydrogen) atoms. The van der Waals surface area contributed by atoms with Crippen LogP contribution < -0.4 is 5.32 Å². The van der Waals surface area contributed by atoms with Crippen LogP contribution in [-0.4, -0.2) is 22.4 Å². The Balaban J connectivity index is 1.97. The highest BCUT2D eigenvalue weighted by atomic mass is 35.5. The van der Waals surface area contributed by atoms with Gasteiger partial charge in [-0.05, 0) is 25.1 Å². The van der Waals surface area contributed by atoms with Crippen molar-refractivity contribution in [2.45, 2.75) is 19.5 Å². The van der Waals surface area contributed by atoms with Gasteiger partial charge in [-0.2, -0.15) is 13.2 Å². The molecule has 0 bridgehead atoms. The van der Waals surface area contributed by atoms with Gasteiger partial charge in [-0.25, -0.2) is 9.97 Å². The third kappa shape index (κ3) is 4.41. The third-order valence-electron chi connectivity index (χ3n) is 2.62. The average Bonchev–Trinajstić information content (AvgIpc) is 2.84. The van der Waals surface area contributed by atoms with Crippen LogP contribution in [0.1, 0.15) is 26.9 Å². The molecule has 1 amide bonds. The molecule has 0 atom stereocenters. The summed E-state index contributed by atoms with van der Waals surface area (Å²) in [6, 6.07) is 4.06. The van der Waals surface area contributed by atoms with Crippen molar-refractivity contribution in [2.24, 2.45) is 0 Å². The highest BCUT2D eigenvalue weighted by Gasteiger charge is 2.33. The molecule has 0 radical (unpaired) electrons. The van der Waals surface area contributed by atoms with Gasteiger partial charge in [0.2, 0.25) is 0 Å². The highest BCUT2D eigenvalue weighted by molar-refractivity contribution is 7.17. The zero-order chi connectivity index (χ0) is 16.3. The number of carbonyl (C=O) groups is 1. The number of aromatic nitrogens is 2. The molecule has 2 aromatic heterocycles. The van der Waals surface area contributed by atoms with Gasteiger partial charge in [0.1, 0.15) is 11.5 Å². The lowest BCUT2D eigenvalue weighted by atomic mass is 10.3. The van der Waals surface area contributed by atoms with E-state index in [1.165, 1.54) is 6.92 Å². The van der Waals surface area contributed by atoms with Gasteiger partial charge in [0, 0.05) is 18.7 Å². The maximum Gasteiger partial charge on any atom is 0.433 e. The first kappa shape index (κ1) is 16.7. The summed E-state index contributed by atoms with van der Waals surface area (Å²) in [5.74, 6) is -0.294. The van der Waals surface area contributed by atoms with Crippen molar-refractivity contribution in [1.29, 1.82) is 0 Å². The Bertz CT molecular complexity index is 687. The standard InChI is InChI=1S/C13H11ClF3N3OS/c1-7-6-9(13(15,16)17)20-11(19-7)4-5-18-12(21)8-2-3-10(14)22-8/h2-3,6H,4-5H2,1H3,(H,18,21). The molecule has 0 aromatic carbocycles. The Morgan fingerprint density at radius 3 is 2.68 bits per heavy atom. The normalized spacial score (nSPS) is 11.5. The van der Waals surface area contributed by atoms with Gasteiger partial charge < -0.3 is 5.32 Å². The highest BCUT2D eigenvalue weighted by Crippen LogP contribution is 2.27. The van der Waals surface area contributed by atoms with Gasteiger partial charge >= 0.3 is 6.18 Å². The second-order valence-electron chi connectivity index (χ2n) is 4.42. The minimum Gasteiger partial charge on any atom is -0.351 e. The molecule has 0 saturated heterocycles. The van der Waals surface area contributed by atoms with E-state index in [9.17, 15) is 18.0 Å². The molecule has 9 heteroatoms. The monoisotopic (exact) mass is 349 g/mol. The molecule has 2 rings (SSSR count). The molecule has 0 saturated carbocycles. The fourth-order valence-electron chi connectivity index (χ4n) is 1.70. The molecule has 0 aliphatic heterocycles. The molecule has 0 spiro atoms. The maximum atomic E-state index is 12.7. The van der Waals surface area contributed by atoms with Crippen molar-refractivity contribution in [1.82, 2.24) is 15.3 Å². The smallest absolute Gasteiger partial charge is 0.351 e. The first-order valence-corrected chi connectivity index (χ1v) is 7.40. The van der Waals surface area contributed by atoms with E-state index in [-0.39, 0.29) is 30.4 Å². The zero-order valence-electron chi connectivity index (χ0n) is 11.4. The van der Waals surface area contributed by atoms with Gasteiger partial charge in [-0.1, -0.05) is 11.6 Å². The Kier molecular flexibility index (Phi) is 5.02. The first-order chi connectivity index (χ1) is 10.3. The number of carbonyl (C=O) groups excluding carboxylic acids is 1. The number of hydrogen-bond donors (Lipinski definition) is 1. The molecule has 118 valence electrons. The quantitative estimate of drug-likeness (QED) is 0.919. The van der Waals surface area contributed by atoms with Crippen molar-refractivity contribution < 1.29 is 18.0 Å².